The van der Waals surface area contributed by atoms with Crippen molar-refractivity contribution in [2.45, 2.75) is 6.61 Å². The van der Waals surface area contributed by atoms with Crippen LogP contribution < -0.4 is 10.6 Å². The average Bonchev–Trinajstić information content (AvgIpc) is 2.36. The molecule has 2 N–H and O–H groups in total. The molecule has 2 heterocycles. The third kappa shape index (κ3) is 3.01. The smallest absolute Gasteiger partial charge is 0.227 e. The second-order valence-electron chi connectivity index (χ2n) is 4.39. The number of nitrogen functional groups attached to an aromatic ring is 1. The Morgan fingerprint density at radius 2 is 1.94 bits per heavy atom. The van der Waals surface area contributed by atoms with Gasteiger partial charge in [-0.1, -0.05) is 0 Å². The summed E-state index contributed by atoms with van der Waals surface area (Å²) in [6.45, 7) is 4.38. The highest BCUT2D eigenvalue weighted by Crippen LogP contribution is 2.21. The van der Waals surface area contributed by atoms with E-state index >= 15 is 0 Å². The number of halogens is 1. The predicted molar refractivity (Wildman–Crippen MR) is 79.6 cm³/mol. The second kappa shape index (κ2) is 5.98. The standard InChI is InChI=1S/C11H18IN5O/c1-16-3-5-17(6-4-16)11-14-8(7-18-2)9(12)10(13)15-11/h3-7H2,1-2H3,(H2,13,14,15). The van der Waals surface area contributed by atoms with E-state index in [2.05, 4.69) is 49.4 Å². The maximum atomic E-state index is 5.93. The van der Waals surface area contributed by atoms with Gasteiger partial charge in [0.15, 0.2) is 0 Å². The number of likely N-dealkylation sites (N-methyl/N-ethyl adjacent to an activating group) is 1. The molecule has 0 aliphatic carbocycles. The Balaban J connectivity index is 2.22. The molecule has 1 aliphatic rings. The first-order valence-corrected chi connectivity index (χ1v) is 6.94. The zero-order valence-electron chi connectivity index (χ0n) is 10.7. The summed E-state index contributed by atoms with van der Waals surface area (Å²) >= 11 is 2.16. The van der Waals surface area contributed by atoms with Gasteiger partial charge in [-0.2, -0.15) is 4.98 Å². The largest absolute Gasteiger partial charge is 0.383 e. The molecular weight excluding hydrogens is 345 g/mol. The molecule has 1 saturated heterocycles. The summed E-state index contributed by atoms with van der Waals surface area (Å²) < 4.78 is 6.03. The molecule has 1 aromatic heterocycles. The number of methoxy groups -OCH3 is 1. The molecule has 7 heteroatoms. The second-order valence-corrected chi connectivity index (χ2v) is 5.47. The van der Waals surface area contributed by atoms with Crippen LogP contribution in [0.5, 0.6) is 0 Å². The molecule has 100 valence electrons. The average molecular weight is 363 g/mol. The number of nitrogens with zero attached hydrogens (tertiary/aromatic N) is 4. The third-order valence-electron chi connectivity index (χ3n) is 3.00. The van der Waals surface area contributed by atoms with E-state index in [1.54, 1.807) is 7.11 Å². The Labute approximate surface area is 121 Å². The van der Waals surface area contributed by atoms with Crippen LogP contribution >= 0.6 is 22.6 Å². The number of hydrogen-bond acceptors (Lipinski definition) is 6. The number of anilines is 2. The summed E-state index contributed by atoms with van der Waals surface area (Å²) in [4.78, 5) is 13.4. The van der Waals surface area contributed by atoms with Crippen molar-refractivity contribution in [3.63, 3.8) is 0 Å². The SMILES string of the molecule is COCc1nc(N2CCN(C)CC2)nc(N)c1I. The van der Waals surface area contributed by atoms with Gasteiger partial charge in [0.1, 0.15) is 5.82 Å². The van der Waals surface area contributed by atoms with Gasteiger partial charge in [0, 0.05) is 33.3 Å². The van der Waals surface area contributed by atoms with Gasteiger partial charge in [-0.3, -0.25) is 0 Å². The molecule has 0 amide bonds. The first-order valence-electron chi connectivity index (χ1n) is 5.86. The Bertz CT molecular complexity index is 420. The number of aromatic nitrogens is 2. The quantitative estimate of drug-likeness (QED) is 0.792. The van der Waals surface area contributed by atoms with Crippen molar-refractivity contribution in [1.82, 2.24) is 14.9 Å². The summed E-state index contributed by atoms with van der Waals surface area (Å²) in [6, 6.07) is 0. The van der Waals surface area contributed by atoms with Crippen molar-refractivity contribution in [3.8, 4) is 0 Å². The fraction of sp³-hybridized carbons (Fsp3) is 0.636. The first kappa shape index (κ1) is 13.8. The summed E-state index contributed by atoms with van der Waals surface area (Å²) in [5.74, 6) is 1.25. The lowest BCUT2D eigenvalue weighted by Crippen LogP contribution is -2.45. The molecule has 0 bridgehead atoms. The van der Waals surface area contributed by atoms with E-state index in [1.165, 1.54) is 0 Å². The van der Waals surface area contributed by atoms with Gasteiger partial charge in [0.05, 0.1) is 15.9 Å². The van der Waals surface area contributed by atoms with Crippen LogP contribution in [0.3, 0.4) is 0 Å². The van der Waals surface area contributed by atoms with Crippen LogP contribution in [0.4, 0.5) is 11.8 Å². The van der Waals surface area contributed by atoms with Crippen LogP contribution in [0, 0.1) is 3.57 Å². The van der Waals surface area contributed by atoms with Crippen LogP contribution in [-0.2, 0) is 11.3 Å². The van der Waals surface area contributed by atoms with E-state index in [9.17, 15) is 0 Å². The maximum absolute atomic E-state index is 5.93. The van der Waals surface area contributed by atoms with Crippen molar-refractivity contribution in [1.29, 1.82) is 0 Å². The first-order chi connectivity index (χ1) is 8.61. The highest BCUT2D eigenvalue weighted by atomic mass is 127. The van der Waals surface area contributed by atoms with Crippen LogP contribution in [0.1, 0.15) is 5.69 Å². The Morgan fingerprint density at radius 3 is 2.56 bits per heavy atom. The van der Waals surface area contributed by atoms with Gasteiger partial charge in [0.2, 0.25) is 5.95 Å². The van der Waals surface area contributed by atoms with Gasteiger partial charge in [-0.25, -0.2) is 4.98 Å². The number of hydrogen-bond donors (Lipinski definition) is 1. The van der Waals surface area contributed by atoms with Crippen molar-refractivity contribution in [2.24, 2.45) is 0 Å². The van der Waals surface area contributed by atoms with Crippen molar-refractivity contribution >= 4 is 34.4 Å². The highest BCUT2D eigenvalue weighted by Gasteiger charge is 2.19. The molecule has 0 radical (unpaired) electrons. The summed E-state index contributed by atoms with van der Waals surface area (Å²) in [5, 5.41) is 0. The Kier molecular flexibility index (Phi) is 4.57. The van der Waals surface area contributed by atoms with E-state index in [1.807, 2.05) is 0 Å². The molecule has 1 aliphatic heterocycles. The molecule has 0 unspecified atom stereocenters. The predicted octanol–water partition coefficient (Wildman–Crippen LogP) is 0.562. The van der Waals surface area contributed by atoms with Crippen LogP contribution in [0.2, 0.25) is 0 Å². The zero-order chi connectivity index (χ0) is 13.1. The highest BCUT2D eigenvalue weighted by molar-refractivity contribution is 14.1. The lowest BCUT2D eigenvalue weighted by molar-refractivity contribution is 0.180. The Hall–Kier alpha value is -0.670. The topological polar surface area (TPSA) is 67.5 Å². The number of rotatable bonds is 3. The van der Waals surface area contributed by atoms with Gasteiger partial charge in [0.25, 0.3) is 0 Å². The van der Waals surface area contributed by atoms with Gasteiger partial charge in [-0.15, -0.1) is 0 Å². The Morgan fingerprint density at radius 1 is 1.28 bits per heavy atom. The van der Waals surface area contributed by atoms with E-state index in [4.69, 9.17) is 10.5 Å². The molecular formula is C11H18IN5O. The van der Waals surface area contributed by atoms with E-state index in [0.717, 1.165) is 35.4 Å². The minimum Gasteiger partial charge on any atom is -0.383 e. The molecule has 0 saturated carbocycles. The lowest BCUT2D eigenvalue weighted by atomic mass is 10.3. The van der Waals surface area contributed by atoms with E-state index < -0.39 is 0 Å². The minimum absolute atomic E-state index is 0.464. The fourth-order valence-electron chi connectivity index (χ4n) is 1.88. The monoisotopic (exact) mass is 363 g/mol. The molecule has 6 nitrogen and oxygen atoms in total. The molecule has 1 fully saturated rings. The number of nitrogens with two attached hydrogens (primary N) is 1. The molecule has 0 spiro atoms. The zero-order valence-corrected chi connectivity index (χ0v) is 12.8. The normalized spacial score (nSPS) is 17.2. The minimum atomic E-state index is 0.464. The number of ether oxygens (including phenoxy) is 1. The van der Waals surface area contributed by atoms with Crippen molar-refractivity contribution in [2.75, 3.05) is 51.0 Å². The number of piperazine rings is 1. The van der Waals surface area contributed by atoms with Gasteiger partial charge in [-0.05, 0) is 29.6 Å². The van der Waals surface area contributed by atoms with Gasteiger partial charge >= 0.3 is 0 Å². The molecule has 1 aromatic rings. The summed E-state index contributed by atoms with van der Waals surface area (Å²) in [7, 11) is 3.78. The van der Waals surface area contributed by atoms with Crippen LogP contribution in [-0.4, -0.2) is 55.2 Å². The van der Waals surface area contributed by atoms with Crippen molar-refractivity contribution < 1.29 is 4.74 Å². The lowest BCUT2D eigenvalue weighted by Gasteiger charge is -2.32. The van der Waals surface area contributed by atoms with Crippen molar-refractivity contribution in [3.05, 3.63) is 9.26 Å². The van der Waals surface area contributed by atoms with Crippen LogP contribution in [0.25, 0.3) is 0 Å². The summed E-state index contributed by atoms with van der Waals surface area (Å²) in [6.07, 6.45) is 0. The van der Waals surface area contributed by atoms with E-state index in [0.29, 0.717) is 18.4 Å². The molecule has 0 atom stereocenters. The maximum Gasteiger partial charge on any atom is 0.227 e. The van der Waals surface area contributed by atoms with Gasteiger partial charge < -0.3 is 20.3 Å². The van der Waals surface area contributed by atoms with E-state index in [-0.39, 0.29) is 0 Å². The molecule has 2 rings (SSSR count). The summed E-state index contributed by atoms with van der Waals surface area (Å²) in [5.41, 5.74) is 6.80. The fourth-order valence-corrected chi connectivity index (χ4v) is 2.28. The molecule has 18 heavy (non-hydrogen) atoms. The third-order valence-corrected chi connectivity index (χ3v) is 4.18. The molecule has 0 aromatic carbocycles. The van der Waals surface area contributed by atoms with Crippen LogP contribution in [0.15, 0.2) is 0 Å².